The monoisotopic (exact) mass is 405 g/mol. The van der Waals surface area contributed by atoms with Crippen LogP contribution in [0, 0.1) is 5.82 Å². The summed E-state index contributed by atoms with van der Waals surface area (Å²) in [4.78, 5) is 30.3. The first-order valence-electron chi connectivity index (χ1n) is 9.84. The fourth-order valence-electron chi connectivity index (χ4n) is 3.03. The van der Waals surface area contributed by atoms with Crippen LogP contribution in [0.3, 0.4) is 0 Å². The van der Waals surface area contributed by atoms with E-state index in [0.717, 1.165) is 22.4 Å². The number of hydrogen-bond acceptors (Lipinski definition) is 3. The summed E-state index contributed by atoms with van der Waals surface area (Å²) in [5.74, 6) is -0.418. The summed E-state index contributed by atoms with van der Waals surface area (Å²) in [6.45, 7) is 2.60. The molecule has 0 aliphatic carbocycles. The van der Waals surface area contributed by atoms with Crippen molar-refractivity contribution in [3.63, 3.8) is 0 Å². The van der Waals surface area contributed by atoms with E-state index in [4.69, 9.17) is 0 Å². The van der Waals surface area contributed by atoms with Crippen LogP contribution >= 0.6 is 0 Å². The Morgan fingerprint density at radius 1 is 0.967 bits per heavy atom. The molecule has 3 rings (SSSR count). The Morgan fingerprint density at radius 2 is 1.67 bits per heavy atom. The van der Waals surface area contributed by atoms with Gasteiger partial charge in [0.25, 0.3) is 0 Å². The minimum Gasteiger partial charge on any atom is -0.352 e. The van der Waals surface area contributed by atoms with E-state index in [-0.39, 0.29) is 24.1 Å². The highest BCUT2D eigenvalue weighted by molar-refractivity contribution is 5.93. The normalized spacial score (nSPS) is 10.5. The molecule has 1 N–H and O–H groups in total. The van der Waals surface area contributed by atoms with Crippen molar-refractivity contribution >= 4 is 17.5 Å². The fraction of sp³-hybridized carbons (Fsp3) is 0.208. The van der Waals surface area contributed by atoms with Crippen LogP contribution in [0.25, 0.3) is 0 Å². The average Bonchev–Trinajstić information content (AvgIpc) is 2.78. The number of halogens is 1. The Hall–Kier alpha value is -3.54. The molecule has 0 aliphatic rings. The summed E-state index contributed by atoms with van der Waals surface area (Å²) >= 11 is 0. The van der Waals surface area contributed by atoms with Crippen molar-refractivity contribution < 1.29 is 14.0 Å². The molecule has 0 saturated heterocycles. The fourth-order valence-corrected chi connectivity index (χ4v) is 3.03. The molecule has 0 unspecified atom stereocenters. The topological polar surface area (TPSA) is 62.3 Å². The molecule has 1 heterocycles. The summed E-state index contributed by atoms with van der Waals surface area (Å²) in [5.41, 5.74) is 3.38. The number of carbonyl (C=O) groups excluding carboxylic acids is 2. The predicted octanol–water partition coefficient (Wildman–Crippen LogP) is 4.02. The van der Waals surface area contributed by atoms with Gasteiger partial charge in [0.05, 0.1) is 13.0 Å². The van der Waals surface area contributed by atoms with Gasteiger partial charge in [0.15, 0.2) is 0 Å². The maximum absolute atomic E-state index is 13.2. The van der Waals surface area contributed by atoms with E-state index in [1.807, 2.05) is 36.4 Å². The third kappa shape index (κ3) is 5.98. The van der Waals surface area contributed by atoms with Crippen molar-refractivity contribution in [2.45, 2.75) is 32.9 Å². The number of benzene rings is 2. The van der Waals surface area contributed by atoms with Crippen LogP contribution in [0.4, 0.5) is 10.1 Å². The zero-order chi connectivity index (χ0) is 21.3. The van der Waals surface area contributed by atoms with Gasteiger partial charge in [-0.05, 0) is 47.0 Å². The third-order valence-corrected chi connectivity index (χ3v) is 4.68. The summed E-state index contributed by atoms with van der Waals surface area (Å²) in [7, 11) is 0. The first-order chi connectivity index (χ1) is 14.5. The lowest BCUT2D eigenvalue weighted by Gasteiger charge is -2.23. The van der Waals surface area contributed by atoms with Crippen LogP contribution in [-0.2, 0) is 29.1 Å². The molecule has 154 valence electrons. The van der Waals surface area contributed by atoms with Crippen molar-refractivity contribution in [2.75, 3.05) is 4.90 Å². The molecule has 0 bridgehead atoms. The van der Waals surface area contributed by atoms with Gasteiger partial charge in [-0.3, -0.25) is 14.6 Å². The second kappa shape index (κ2) is 10.3. The lowest BCUT2D eigenvalue weighted by molar-refractivity contribution is -0.120. The van der Waals surface area contributed by atoms with Gasteiger partial charge >= 0.3 is 0 Å². The van der Waals surface area contributed by atoms with Gasteiger partial charge in [0.2, 0.25) is 11.8 Å². The number of carbonyl (C=O) groups is 2. The minimum atomic E-state index is -0.307. The van der Waals surface area contributed by atoms with Crippen LogP contribution in [0.15, 0.2) is 73.1 Å². The maximum Gasteiger partial charge on any atom is 0.227 e. The van der Waals surface area contributed by atoms with Crippen molar-refractivity contribution in [2.24, 2.45) is 0 Å². The maximum atomic E-state index is 13.2. The van der Waals surface area contributed by atoms with Crippen molar-refractivity contribution in [1.29, 1.82) is 0 Å². The first-order valence-corrected chi connectivity index (χ1v) is 9.84. The Balaban J connectivity index is 1.63. The van der Waals surface area contributed by atoms with Gasteiger partial charge in [-0.2, -0.15) is 0 Å². The lowest BCUT2D eigenvalue weighted by atomic mass is 10.1. The molecular weight excluding hydrogens is 381 g/mol. The zero-order valence-corrected chi connectivity index (χ0v) is 16.8. The summed E-state index contributed by atoms with van der Waals surface area (Å²) in [6, 6.07) is 17.2. The average molecular weight is 405 g/mol. The Bertz CT molecular complexity index is 974. The number of anilines is 1. The first kappa shape index (κ1) is 21.2. The van der Waals surface area contributed by atoms with Crippen molar-refractivity contribution in [3.05, 3.63) is 95.6 Å². The van der Waals surface area contributed by atoms with E-state index in [1.165, 1.54) is 12.1 Å². The SMILES string of the molecule is CCC(=O)N(Cc1ccc(F)cc1)c1ccc(CC(=O)NCc2cccnc2)cc1. The standard InChI is InChI=1S/C24H24FN3O2/c1-2-24(30)28(17-19-5-9-21(25)10-6-19)22-11-7-18(8-12-22)14-23(29)27-16-20-4-3-13-26-15-20/h3-13,15H,2,14,16-17H2,1H3,(H,27,29). The lowest BCUT2D eigenvalue weighted by Crippen LogP contribution is -2.29. The molecular formula is C24H24FN3O2. The van der Waals surface area contributed by atoms with Gasteiger partial charge in [0, 0.05) is 31.0 Å². The molecule has 1 aromatic heterocycles. The van der Waals surface area contributed by atoms with Gasteiger partial charge in [0.1, 0.15) is 5.82 Å². The van der Waals surface area contributed by atoms with Gasteiger partial charge in [-0.25, -0.2) is 4.39 Å². The zero-order valence-electron chi connectivity index (χ0n) is 16.8. The highest BCUT2D eigenvalue weighted by atomic mass is 19.1. The minimum absolute atomic E-state index is 0.0266. The molecule has 3 aromatic rings. The number of nitrogens with one attached hydrogen (secondary N) is 1. The molecule has 5 nitrogen and oxygen atoms in total. The molecule has 2 aromatic carbocycles. The molecule has 0 radical (unpaired) electrons. The van der Waals surface area contributed by atoms with Crippen LogP contribution in [0.1, 0.15) is 30.0 Å². The molecule has 0 spiro atoms. The summed E-state index contributed by atoms with van der Waals surface area (Å²) < 4.78 is 13.2. The number of pyridine rings is 1. The van der Waals surface area contributed by atoms with Gasteiger partial charge in [-0.15, -0.1) is 0 Å². The number of nitrogens with zero attached hydrogens (tertiary/aromatic N) is 2. The number of aromatic nitrogens is 1. The third-order valence-electron chi connectivity index (χ3n) is 4.68. The van der Waals surface area contributed by atoms with Crippen LogP contribution in [0.2, 0.25) is 0 Å². The Kier molecular flexibility index (Phi) is 7.27. The van der Waals surface area contributed by atoms with Crippen LogP contribution < -0.4 is 10.2 Å². The highest BCUT2D eigenvalue weighted by Gasteiger charge is 2.15. The van der Waals surface area contributed by atoms with E-state index < -0.39 is 0 Å². The molecule has 30 heavy (non-hydrogen) atoms. The van der Waals surface area contributed by atoms with E-state index in [9.17, 15) is 14.0 Å². The van der Waals surface area contributed by atoms with E-state index >= 15 is 0 Å². The predicted molar refractivity (Wildman–Crippen MR) is 114 cm³/mol. The van der Waals surface area contributed by atoms with E-state index in [2.05, 4.69) is 10.3 Å². The van der Waals surface area contributed by atoms with Crippen LogP contribution in [-0.4, -0.2) is 16.8 Å². The van der Waals surface area contributed by atoms with Crippen LogP contribution in [0.5, 0.6) is 0 Å². The second-order valence-electron chi connectivity index (χ2n) is 6.94. The molecule has 2 amide bonds. The molecule has 0 aliphatic heterocycles. The van der Waals surface area contributed by atoms with E-state index in [1.54, 1.807) is 36.4 Å². The molecule has 0 fully saturated rings. The Labute approximate surface area is 175 Å². The van der Waals surface area contributed by atoms with Crippen molar-refractivity contribution in [3.8, 4) is 0 Å². The second-order valence-corrected chi connectivity index (χ2v) is 6.94. The largest absolute Gasteiger partial charge is 0.352 e. The smallest absolute Gasteiger partial charge is 0.227 e. The van der Waals surface area contributed by atoms with Gasteiger partial charge in [-0.1, -0.05) is 37.3 Å². The molecule has 6 heteroatoms. The number of rotatable bonds is 8. The van der Waals surface area contributed by atoms with Gasteiger partial charge < -0.3 is 10.2 Å². The summed E-state index contributed by atoms with van der Waals surface area (Å²) in [5, 5.41) is 2.88. The molecule has 0 saturated carbocycles. The summed E-state index contributed by atoms with van der Waals surface area (Å²) in [6.07, 6.45) is 4.02. The Morgan fingerprint density at radius 3 is 2.30 bits per heavy atom. The quantitative estimate of drug-likeness (QED) is 0.616. The van der Waals surface area contributed by atoms with E-state index in [0.29, 0.717) is 19.5 Å². The number of amides is 2. The van der Waals surface area contributed by atoms with Crippen molar-refractivity contribution in [1.82, 2.24) is 10.3 Å². The highest BCUT2D eigenvalue weighted by Crippen LogP contribution is 2.20. The number of hydrogen-bond donors (Lipinski definition) is 1. The molecule has 0 atom stereocenters.